The van der Waals surface area contributed by atoms with E-state index >= 15 is 0 Å². The zero-order chi connectivity index (χ0) is 21.4. The van der Waals surface area contributed by atoms with Crippen LogP contribution in [0, 0.1) is 5.82 Å². The van der Waals surface area contributed by atoms with Gasteiger partial charge in [0.05, 0.1) is 5.56 Å². The van der Waals surface area contributed by atoms with E-state index < -0.39 is 0 Å². The largest absolute Gasteiger partial charge is 0.310 e. The molecule has 1 unspecified atom stereocenters. The van der Waals surface area contributed by atoms with E-state index in [0.29, 0.717) is 22.3 Å². The van der Waals surface area contributed by atoms with Crippen LogP contribution in [0.3, 0.4) is 0 Å². The van der Waals surface area contributed by atoms with Crippen LogP contribution in [0.25, 0.3) is 10.8 Å². The number of halogens is 1. The summed E-state index contributed by atoms with van der Waals surface area (Å²) in [5.41, 5.74) is 1.90. The minimum Gasteiger partial charge on any atom is -0.310 e. The molecular formula is C24H18FN3O2S. The lowest BCUT2D eigenvalue weighted by Crippen LogP contribution is -2.31. The van der Waals surface area contributed by atoms with Gasteiger partial charge in [0.15, 0.2) is 5.16 Å². The van der Waals surface area contributed by atoms with Gasteiger partial charge in [-0.3, -0.25) is 9.59 Å². The van der Waals surface area contributed by atoms with Gasteiger partial charge in [-0.15, -0.1) is 0 Å². The van der Waals surface area contributed by atoms with Crippen LogP contribution in [-0.2, 0) is 10.5 Å². The molecule has 4 aromatic rings. The standard InChI is InChI=1S/C24H18FN3O2S/c25-16-8-3-5-14(11-16)13-31-24-27-22-21(23(30)28-24)19(12-20(29)26-22)18-10-4-7-15-6-1-2-9-17(15)18/h1-11,19H,12-13H2,(H2,26,27,28,29,30). The number of carbonyl (C=O) groups is 1. The van der Waals surface area contributed by atoms with Gasteiger partial charge in [-0.25, -0.2) is 9.37 Å². The summed E-state index contributed by atoms with van der Waals surface area (Å²) in [7, 11) is 0. The molecule has 5 rings (SSSR count). The van der Waals surface area contributed by atoms with Gasteiger partial charge in [0, 0.05) is 18.1 Å². The molecule has 1 atom stereocenters. The summed E-state index contributed by atoms with van der Waals surface area (Å²) in [6, 6.07) is 20.1. The van der Waals surface area contributed by atoms with Crippen LogP contribution >= 0.6 is 11.8 Å². The van der Waals surface area contributed by atoms with Gasteiger partial charge in [0.2, 0.25) is 5.91 Å². The molecule has 154 valence electrons. The highest BCUT2D eigenvalue weighted by molar-refractivity contribution is 7.98. The molecule has 0 aliphatic carbocycles. The highest BCUT2D eigenvalue weighted by atomic mass is 32.2. The maximum absolute atomic E-state index is 13.4. The SMILES string of the molecule is O=C1CC(c2cccc3ccccc23)c2c(nc(SCc3cccc(F)c3)[nH]c2=O)N1. The summed E-state index contributed by atoms with van der Waals surface area (Å²) in [5.74, 6) is -0.131. The number of anilines is 1. The number of amides is 1. The average molecular weight is 431 g/mol. The van der Waals surface area contributed by atoms with Crippen LogP contribution in [0.5, 0.6) is 0 Å². The van der Waals surface area contributed by atoms with Crippen molar-refractivity contribution in [2.45, 2.75) is 23.2 Å². The first-order valence-electron chi connectivity index (χ1n) is 9.87. The molecule has 0 fully saturated rings. The number of aromatic nitrogens is 2. The second-order valence-corrected chi connectivity index (χ2v) is 8.39. The van der Waals surface area contributed by atoms with Crippen molar-refractivity contribution in [3.63, 3.8) is 0 Å². The van der Waals surface area contributed by atoms with Crippen molar-refractivity contribution in [1.82, 2.24) is 9.97 Å². The summed E-state index contributed by atoms with van der Waals surface area (Å²) in [6.45, 7) is 0. The monoisotopic (exact) mass is 431 g/mol. The third-order valence-electron chi connectivity index (χ3n) is 5.39. The van der Waals surface area contributed by atoms with E-state index in [1.54, 1.807) is 6.07 Å². The molecule has 1 amide bonds. The number of fused-ring (bicyclic) bond motifs is 2. The number of aromatic amines is 1. The third-order valence-corrected chi connectivity index (χ3v) is 6.34. The number of H-pyrrole nitrogens is 1. The van der Waals surface area contributed by atoms with Gasteiger partial charge in [0.1, 0.15) is 11.6 Å². The van der Waals surface area contributed by atoms with Gasteiger partial charge in [-0.05, 0) is 34.0 Å². The molecule has 31 heavy (non-hydrogen) atoms. The molecule has 5 nitrogen and oxygen atoms in total. The van der Waals surface area contributed by atoms with Crippen molar-refractivity contribution in [2.24, 2.45) is 0 Å². The number of carbonyl (C=O) groups excluding carboxylic acids is 1. The van der Waals surface area contributed by atoms with Gasteiger partial charge in [-0.1, -0.05) is 66.4 Å². The van der Waals surface area contributed by atoms with Crippen LogP contribution in [0.1, 0.15) is 29.0 Å². The van der Waals surface area contributed by atoms with Gasteiger partial charge in [0.25, 0.3) is 5.56 Å². The van der Waals surface area contributed by atoms with Crippen LogP contribution in [0.4, 0.5) is 10.2 Å². The molecule has 1 aliphatic heterocycles. The van der Waals surface area contributed by atoms with Gasteiger partial charge < -0.3 is 10.3 Å². The lowest BCUT2D eigenvalue weighted by Gasteiger charge is -2.25. The Bertz CT molecular complexity index is 1360. The van der Waals surface area contributed by atoms with E-state index in [0.717, 1.165) is 21.9 Å². The van der Waals surface area contributed by atoms with E-state index in [1.165, 1.54) is 23.9 Å². The van der Waals surface area contributed by atoms with Crippen LogP contribution in [0.2, 0.25) is 0 Å². The first-order valence-corrected chi connectivity index (χ1v) is 10.9. The lowest BCUT2D eigenvalue weighted by atomic mass is 9.84. The van der Waals surface area contributed by atoms with Crippen molar-refractivity contribution in [3.8, 4) is 0 Å². The van der Waals surface area contributed by atoms with Crippen LogP contribution in [-0.4, -0.2) is 15.9 Å². The predicted molar refractivity (Wildman–Crippen MR) is 120 cm³/mol. The van der Waals surface area contributed by atoms with Crippen molar-refractivity contribution in [2.75, 3.05) is 5.32 Å². The number of rotatable bonds is 4. The van der Waals surface area contributed by atoms with Gasteiger partial charge in [-0.2, -0.15) is 0 Å². The van der Waals surface area contributed by atoms with Crippen LogP contribution in [0.15, 0.2) is 76.7 Å². The molecule has 1 aliphatic rings. The Morgan fingerprint density at radius 2 is 1.84 bits per heavy atom. The molecule has 2 N–H and O–H groups in total. The second kappa shape index (κ2) is 8.00. The summed E-state index contributed by atoms with van der Waals surface area (Å²) >= 11 is 1.29. The maximum atomic E-state index is 13.4. The zero-order valence-electron chi connectivity index (χ0n) is 16.4. The molecule has 0 bridgehead atoms. The van der Waals surface area contributed by atoms with Crippen LogP contribution < -0.4 is 10.9 Å². The molecular weight excluding hydrogens is 413 g/mol. The van der Waals surface area contributed by atoms with E-state index in [-0.39, 0.29) is 29.6 Å². The van der Waals surface area contributed by atoms with Crippen molar-refractivity contribution >= 4 is 34.3 Å². The molecule has 0 radical (unpaired) electrons. The molecule has 0 saturated carbocycles. The Morgan fingerprint density at radius 1 is 1.03 bits per heavy atom. The number of thioether (sulfide) groups is 1. The fraction of sp³-hybridized carbons (Fsp3) is 0.125. The van der Waals surface area contributed by atoms with Crippen molar-refractivity contribution < 1.29 is 9.18 Å². The Balaban J connectivity index is 1.53. The van der Waals surface area contributed by atoms with Gasteiger partial charge >= 0.3 is 0 Å². The molecule has 0 spiro atoms. The fourth-order valence-electron chi connectivity index (χ4n) is 4.02. The molecule has 0 saturated heterocycles. The third kappa shape index (κ3) is 3.84. The van der Waals surface area contributed by atoms with Crippen molar-refractivity contribution in [1.29, 1.82) is 0 Å². The maximum Gasteiger partial charge on any atom is 0.257 e. The number of nitrogens with one attached hydrogen (secondary N) is 2. The number of hydrogen-bond donors (Lipinski definition) is 2. The first-order chi connectivity index (χ1) is 15.1. The van der Waals surface area contributed by atoms with E-state index in [2.05, 4.69) is 15.3 Å². The van der Waals surface area contributed by atoms with E-state index in [9.17, 15) is 14.0 Å². The zero-order valence-corrected chi connectivity index (χ0v) is 17.2. The molecule has 2 heterocycles. The number of nitrogens with zero attached hydrogens (tertiary/aromatic N) is 1. The summed E-state index contributed by atoms with van der Waals surface area (Å²) in [5, 5.41) is 5.20. The van der Waals surface area contributed by atoms with E-state index in [1.807, 2.05) is 48.5 Å². The highest BCUT2D eigenvalue weighted by Gasteiger charge is 2.31. The molecule has 7 heteroatoms. The molecule has 1 aromatic heterocycles. The predicted octanol–water partition coefficient (Wildman–Crippen LogP) is 4.83. The first kappa shape index (κ1) is 19.5. The Hall–Kier alpha value is -3.45. The van der Waals surface area contributed by atoms with E-state index in [4.69, 9.17) is 0 Å². The normalized spacial score (nSPS) is 15.5. The fourth-order valence-corrected chi connectivity index (χ4v) is 4.82. The smallest absolute Gasteiger partial charge is 0.257 e. The second-order valence-electron chi connectivity index (χ2n) is 7.43. The Morgan fingerprint density at radius 3 is 2.71 bits per heavy atom. The lowest BCUT2D eigenvalue weighted by molar-refractivity contribution is -0.116. The quantitative estimate of drug-likeness (QED) is 0.359. The summed E-state index contributed by atoms with van der Waals surface area (Å²) in [6.07, 6.45) is 0.182. The average Bonchev–Trinajstić information content (AvgIpc) is 2.76. The Kier molecular flexibility index (Phi) is 5.03. The number of hydrogen-bond acceptors (Lipinski definition) is 4. The van der Waals surface area contributed by atoms with Crippen molar-refractivity contribution in [3.05, 3.63) is 99.6 Å². The molecule has 3 aromatic carbocycles. The minimum atomic E-state index is -0.381. The topological polar surface area (TPSA) is 74.8 Å². The summed E-state index contributed by atoms with van der Waals surface area (Å²) < 4.78 is 13.4. The number of benzene rings is 3. The summed E-state index contributed by atoms with van der Waals surface area (Å²) in [4.78, 5) is 32.9. The minimum absolute atomic E-state index is 0.176. The Labute approximate surface area is 181 Å². The highest BCUT2D eigenvalue weighted by Crippen LogP contribution is 2.37.